The highest BCUT2D eigenvalue weighted by molar-refractivity contribution is 6.19. The van der Waals surface area contributed by atoms with E-state index in [0.717, 1.165) is 39.0 Å². The Morgan fingerprint density at radius 2 is 0.857 bits per heavy atom. The first kappa shape index (κ1) is 24.2. The Morgan fingerprint density at radius 3 is 1.48 bits per heavy atom. The predicted molar refractivity (Wildman–Crippen MR) is 177 cm³/mol. The second-order valence-corrected chi connectivity index (χ2v) is 10.6. The Kier molecular flexibility index (Phi) is 5.82. The molecule has 8 aromatic rings. The molecule has 0 amide bonds. The molecule has 0 saturated heterocycles. The van der Waals surface area contributed by atoms with Crippen LogP contribution < -0.4 is 4.90 Å². The van der Waals surface area contributed by atoms with Crippen LogP contribution in [0.3, 0.4) is 0 Å². The van der Waals surface area contributed by atoms with Gasteiger partial charge in [-0.05, 0) is 81.6 Å². The third kappa shape index (κ3) is 4.22. The van der Waals surface area contributed by atoms with Crippen molar-refractivity contribution in [1.82, 2.24) is 0 Å². The van der Waals surface area contributed by atoms with Crippen LogP contribution in [-0.2, 0) is 0 Å². The molecule has 1 heterocycles. The smallest absolute Gasteiger partial charge is 0.136 e. The van der Waals surface area contributed by atoms with Crippen molar-refractivity contribution >= 4 is 49.8 Å². The van der Waals surface area contributed by atoms with Crippen LogP contribution in [0.15, 0.2) is 168 Å². The molecular weight excluding hydrogens is 510 g/mol. The number of benzene rings is 7. The molecule has 1 aromatic heterocycles. The lowest BCUT2D eigenvalue weighted by molar-refractivity contribution is 0.669. The van der Waals surface area contributed by atoms with Gasteiger partial charge in [-0.15, -0.1) is 0 Å². The summed E-state index contributed by atoms with van der Waals surface area (Å²) in [6.45, 7) is 0. The van der Waals surface area contributed by atoms with Gasteiger partial charge in [-0.1, -0.05) is 115 Å². The minimum absolute atomic E-state index is 0.893. The highest BCUT2D eigenvalue weighted by Gasteiger charge is 2.17. The molecule has 198 valence electrons. The fourth-order valence-corrected chi connectivity index (χ4v) is 5.99. The molecule has 0 radical (unpaired) electrons. The van der Waals surface area contributed by atoms with Crippen LogP contribution in [0.4, 0.5) is 17.1 Å². The van der Waals surface area contributed by atoms with Crippen molar-refractivity contribution < 1.29 is 4.42 Å². The van der Waals surface area contributed by atoms with E-state index >= 15 is 0 Å². The quantitative estimate of drug-likeness (QED) is 0.217. The third-order valence-electron chi connectivity index (χ3n) is 8.07. The SMILES string of the molecule is c1ccc(-c2ccc(N(c3ccc(-c4ccccc4)cc3)c3ccc4oc5ccc6ccccc6c5c4c3)cc2)cc1. The number of fused-ring (bicyclic) bond motifs is 5. The topological polar surface area (TPSA) is 16.4 Å². The zero-order valence-electron chi connectivity index (χ0n) is 22.9. The molecule has 0 atom stereocenters. The average molecular weight is 538 g/mol. The van der Waals surface area contributed by atoms with Crippen molar-refractivity contribution in [3.63, 3.8) is 0 Å². The van der Waals surface area contributed by atoms with E-state index in [2.05, 4.69) is 169 Å². The van der Waals surface area contributed by atoms with Crippen molar-refractivity contribution in [3.8, 4) is 22.3 Å². The van der Waals surface area contributed by atoms with Crippen LogP contribution in [0.5, 0.6) is 0 Å². The molecule has 2 nitrogen and oxygen atoms in total. The Bertz CT molecular complexity index is 2080. The monoisotopic (exact) mass is 537 g/mol. The molecule has 0 aliphatic rings. The van der Waals surface area contributed by atoms with E-state index in [9.17, 15) is 0 Å². The lowest BCUT2D eigenvalue weighted by atomic mass is 10.0. The molecule has 0 bridgehead atoms. The second-order valence-electron chi connectivity index (χ2n) is 10.6. The van der Waals surface area contributed by atoms with Gasteiger partial charge in [-0.25, -0.2) is 0 Å². The molecule has 0 fully saturated rings. The molecule has 0 saturated carbocycles. The van der Waals surface area contributed by atoms with E-state index in [1.165, 1.54) is 33.0 Å². The van der Waals surface area contributed by atoms with Crippen molar-refractivity contribution in [1.29, 1.82) is 0 Å². The Hall–Kier alpha value is -5.60. The van der Waals surface area contributed by atoms with Crippen LogP contribution in [-0.4, -0.2) is 0 Å². The van der Waals surface area contributed by atoms with Gasteiger partial charge in [0.1, 0.15) is 11.2 Å². The van der Waals surface area contributed by atoms with Crippen LogP contribution in [0.25, 0.3) is 55.0 Å². The highest BCUT2D eigenvalue weighted by atomic mass is 16.3. The maximum absolute atomic E-state index is 6.32. The summed E-state index contributed by atoms with van der Waals surface area (Å²) >= 11 is 0. The van der Waals surface area contributed by atoms with Gasteiger partial charge in [-0.3, -0.25) is 0 Å². The summed E-state index contributed by atoms with van der Waals surface area (Å²) in [7, 11) is 0. The van der Waals surface area contributed by atoms with Gasteiger partial charge in [-0.2, -0.15) is 0 Å². The minimum atomic E-state index is 0.893. The number of hydrogen-bond donors (Lipinski definition) is 0. The molecule has 8 rings (SSSR count). The molecule has 0 unspecified atom stereocenters. The first-order valence-electron chi connectivity index (χ1n) is 14.3. The van der Waals surface area contributed by atoms with Gasteiger partial charge in [0.15, 0.2) is 0 Å². The van der Waals surface area contributed by atoms with Gasteiger partial charge < -0.3 is 9.32 Å². The van der Waals surface area contributed by atoms with Gasteiger partial charge in [0, 0.05) is 27.8 Å². The number of nitrogens with zero attached hydrogens (tertiary/aromatic N) is 1. The summed E-state index contributed by atoms with van der Waals surface area (Å²) in [6.07, 6.45) is 0. The van der Waals surface area contributed by atoms with Crippen LogP contribution >= 0.6 is 0 Å². The predicted octanol–water partition coefficient (Wildman–Crippen LogP) is 11.5. The average Bonchev–Trinajstić information content (AvgIpc) is 3.45. The lowest BCUT2D eigenvalue weighted by Gasteiger charge is -2.26. The minimum Gasteiger partial charge on any atom is -0.456 e. The summed E-state index contributed by atoms with van der Waals surface area (Å²) in [4.78, 5) is 2.33. The Balaban J connectivity index is 1.29. The molecule has 0 aliphatic heterocycles. The van der Waals surface area contributed by atoms with Crippen molar-refractivity contribution in [3.05, 3.63) is 164 Å². The maximum Gasteiger partial charge on any atom is 0.136 e. The second kappa shape index (κ2) is 10.1. The van der Waals surface area contributed by atoms with E-state index in [1.807, 2.05) is 0 Å². The van der Waals surface area contributed by atoms with Crippen molar-refractivity contribution in [2.24, 2.45) is 0 Å². The highest BCUT2D eigenvalue weighted by Crippen LogP contribution is 2.41. The van der Waals surface area contributed by atoms with Crippen LogP contribution in [0, 0.1) is 0 Å². The van der Waals surface area contributed by atoms with Gasteiger partial charge >= 0.3 is 0 Å². The molecular formula is C40H27NO. The standard InChI is InChI=1S/C40H27NO/c1-3-9-28(10-4-1)30-15-20-33(21-16-30)41(34-22-17-31(18-23-34)29-11-5-2-6-12-29)35-24-26-38-37(27-35)40-36-14-8-7-13-32(36)19-25-39(40)42-38/h1-27H. The van der Waals surface area contributed by atoms with Crippen LogP contribution in [0.2, 0.25) is 0 Å². The summed E-state index contributed by atoms with van der Waals surface area (Å²) in [5, 5.41) is 4.69. The largest absolute Gasteiger partial charge is 0.456 e. The third-order valence-corrected chi connectivity index (χ3v) is 8.07. The summed E-state index contributed by atoms with van der Waals surface area (Å²) in [6, 6.07) is 57.9. The zero-order chi connectivity index (χ0) is 27.9. The molecule has 7 aromatic carbocycles. The first-order chi connectivity index (χ1) is 20.8. The van der Waals surface area contributed by atoms with E-state index in [4.69, 9.17) is 4.42 Å². The fourth-order valence-electron chi connectivity index (χ4n) is 5.99. The molecule has 0 spiro atoms. The van der Waals surface area contributed by atoms with E-state index in [1.54, 1.807) is 0 Å². The van der Waals surface area contributed by atoms with E-state index in [0.29, 0.717) is 0 Å². The summed E-state index contributed by atoms with van der Waals surface area (Å²) in [5.41, 5.74) is 9.89. The maximum atomic E-state index is 6.32. The van der Waals surface area contributed by atoms with E-state index in [-0.39, 0.29) is 0 Å². The Labute approximate surface area is 244 Å². The number of hydrogen-bond acceptors (Lipinski definition) is 2. The summed E-state index contributed by atoms with van der Waals surface area (Å²) < 4.78 is 6.32. The van der Waals surface area contributed by atoms with Gasteiger partial charge in [0.05, 0.1) is 0 Å². The molecule has 42 heavy (non-hydrogen) atoms. The number of anilines is 3. The van der Waals surface area contributed by atoms with E-state index < -0.39 is 0 Å². The van der Waals surface area contributed by atoms with Gasteiger partial charge in [0.25, 0.3) is 0 Å². The fraction of sp³-hybridized carbons (Fsp3) is 0. The van der Waals surface area contributed by atoms with Crippen molar-refractivity contribution in [2.75, 3.05) is 4.90 Å². The molecule has 2 heteroatoms. The number of furan rings is 1. The Morgan fingerprint density at radius 1 is 0.357 bits per heavy atom. The normalized spacial score (nSPS) is 11.3. The molecule has 0 N–H and O–H groups in total. The lowest BCUT2D eigenvalue weighted by Crippen LogP contribution is -2.09. The van der Waals surface area contributed by atoms with Gasteiger partial charge in [0.2, 0.25) is 0 Å². The summed E-state index contributed by atoms with van der Waals surface area (Å²) in [5.74, 6) is 0. The molecule has 0 aliphatic carbocycles. The van der Waals surface area contributed by atoms with Crippen LogP contribution in [0.1, 0.15) is 0 Å². The van der Waals surface area contributed by atoms with Crippen molar-refractivity contribution in [2.45, 2.75) is 0 Å². The number of rotatable bonds is 5. The first-order valence-corrected chi connectivity index (χ1v) is 14.3. The zero-order valence-corrected chi connectivity index (χ0v) is 22.9.